The van der Waals surface area contributed by atoms with Gasteiger partial charge in [0.25, 0.3) is 0 Å². The van der Waals surface area contributed by atoms with E-state index in [0.29, 0.717) is 22.0 Å². The van der Waals surface area contributed by atoms with Crippen molar-refractivity contribution in [2.45, 2.75) is 33.7 Å². The summed E-state index contributed by atoms with van der Waals surface area (Å²) in [5, 5.41) is 3.52. The summed E-state index contributed by atoms with van der Waals surface area (Å²) >= 11 is 4.78. The third-order valence-electron chi connectivity index (χ3n) is 3.31. The van der Waals surface area contributed by atoms with Crippen molar-refractivity contribution in [3.8, 4) is 0 Å². The molecule has 0 amide bonds. The average Bonchev–Trinajstić information content (AvgIpc) is 2.11. The van der Waals surface area contributed by atoms with Gasteiger partial charge in [-0.2, -0.15) is 0 Å². The Bertz CT molecular complexity index is 182. The molecule has 3 heteroatoms. The van der Waals surface area contributed by atoms with Gasteiger partial charge in [0.05, 0.1) is 0 Å². The van der Waals surface area contributed by atoms with Crippen LogP contribution >= 0.6 is 12.2 Å². The SMILES string of the molecule is CC1(C)C(NC(N)=S)C1(C)C. The molecule has 0 aromatic rings. The highest BCUT2D eigenvalue weighted by molar-refractivity contribution is 7.80. The second kappa shape index (κ2) is 2.09. The van der Waals surface area contributed by atoms with Gasteiger partial charge in [0.2, 0.25) is 0 Å². The highest BCUT2D eigenvalue weighted by atomic mass is 32.1. The van der Waals surface area contributed by atoms with Crippen LogP contribution in [0.4, 0.5) is 0 Å². The second-order valence-electron chi connectivity index (χ2n) is 4.38. The smallest absolute Gasteiger partial charge is 0.163 e. The molecule has 1 saturated carbocycles. The molecular weight excluding hydrogens is 156 g/mol. The number of hydrogen-bond donors (Lipinski definition) is 2. The molecule has 0 aliphatic heterocycles. The average molecular weight is 172 g/mol. The number of hydrogen-bond acceptors (Lipinski definition) is 1. The molecule has 0 heterocycles. The normalized spacial score (nSPS) is 26.2. The summed E-state index contributed by atoms with van der Waals surface area (Å²) < 4.78 is 0. The zero-order valence-corrected chi connectivity index (χ0v) is 8.38. The third-order valence-corrected chi connectivity index (χ3v) is 3.43. The summed E-state index contributed by atoms with van der Waals surface area (Å²) in [7, 11) is 0. The summed E-state index contributed by atoms with van der Waals surface area (Å²) in [4.78, 5) is 0. The molecule has 1 rings (SSSR count). The van der Waals surface area contributed by atoms with E-state index in [1.54, 1.807) is 0 Å². The fraction of sp³-hybridized carbons (Fsp3) is 0.875. The van der Waals surface area contributed by atoms with E-state index in [-0.39, 0.29) is 0 Å². The van der Waals surface area contributed by atoms with Crippen LogP contribution in [0.15, 0.2) is 0 Å². The quantitative estimate of drug-likeness (QED) is 0.585. The topological polar surface area (TPSA) is 38.0 Å². The second-order valence-corrected chi connectivity index (χ2v) is 4.82. The van der Waals surface area contributed by atoms with Crippen LogP contribution in [0, 0.1) is 10.8 Å². The van der Waals surface area contributed by atoms with Crippen LogP contribution in [0.25, 0.3) is 0 Å². The van der Waals surface area contributed by atoms with Crippen molar-refractivity contribution in [2.24, 2.45) is 16.6 Å². The molecule has 0 aromatic heterocycles. The van der Waals surface area contributed by atoms with Gasteiger partial charge in [0, 0.05) is 6.04 Å². The van der Waals surface area contributed by atoms with E-state index in [2.05, 4.69) is 33.0 Å². The van der Waals surface area contributed by atoms with Crippen molar-refractivity contribution in [1.29, 1.82) is 0 Å². The predicted molar refractivity (Wildman–Crippen MR) is 51.3 cm³/mol. The molecule has 0 aromatic carbocycles. The molecule has 2 nitrogen and oxygen atoms in total. The minimum atomic E-state index is 0.316. The van der Waals surface area contributed by atoms with Gasteiger partial charge in [0.1, 0.15) is 0 Å². The molecular formula is C8H16N2S. The molecule has 0 saturated heterocycles. The Balaban J connectivity index is 2.61. The summed E-state index contributed by atoms with van der Waals surface area (Å²) in [6, 6.07) is 0.437. The largest absolute Gasteiger partial charge is 0.376 e. The van der Waals surface area contributed by atoms with Gasteiger partial charge >= 0.3 is 0 Å². The number of thiocarbonyl (C=S) groups is 1. The van der Waals surface area contributed by atoms with Crippen molar-refractivity contribution < 1.29 is 0 Å². The van der Waals surface area contributed by atoms with Crippen LogP contribution in [-0.4, -0.2) is 11.2 Å². The van der Waals surface area contributed by atoms with Gasteiger partial charge in [-0.15, -0.1) is 0 Å². The number of rotatable bonds is 1. The lowest BCUT2D eigenvalue weighted by molar-refractivity contribution is 0.457. The van der Waals surface area contributed by atoms with Crippen LogP contribution in [0.3, 0.4) is 0 Å². The third kappa shape index (κ3) is 1.11. The van der Waals surface area contributed by atoms with Crippen LogP contribution in [-0.2, 0) is 0 Å². The fourth-order valence-electron chi connectivity index (χ4n) is 1.70. The first-order valence-corrected chi connectivity index (χ1v) is 4.27. The maximum atomic E-state index is 5.40. The van der Waals surface area contributed by atoms with Gasteiger partial charge in [-0.3, -0.25) is 0 Å². The Hall–Kier alpha value is -0.310. The van der Waals surface area contributed by atoms with Crippen LogP contribution in [0.2, 0.25) is 0 Å². The standard InChI is InChI=1S/C8H16N2S/c1-7(2)5(8(7,3)4)10-6(9)11/h5H,1-4H3,(H3,9,10,11). The molecule has 1 fully saturated rings. The van der Waals surface area contributed by atoms with E-state index in [0.717, 1.165) is 0 Å². The first-order chi connectivity index (χ1) is 4.80. The highest BCUT2D eigenvalue weighted by Gasteiger charge is 2.65. The fourth-order valence-corrected chi connectivity index (χ4v) is 1.82. The zero-order valence-electron chi connectivity index (χ0n) is 7.56. The molecule has 11 heavy (non-hydrogen) atoms. The van der Waals surface area contributed by atoms with Gasteiger partial charge in [-0.1, -0.05) is 27.7 Å². The van der Waals surface area contributed by atoms with Crippen LogP contribution < -0.4 is 11.1 Å². The van der Waals surface area contributed by atoms with E-state index in [1.807, 2.05) is 0 Å². The molecule has 1 aliphatic rings. The van der Waals surface area contributed by atoms with E-state index in [9.17, 15) is 0 Å². The van der Waals surface area contributed by atoms with Crippen molar-refractivity contribution in [3.63, 3.8) is 0 Å². The minimum Gasteiger partial charge on any atom is -0.376 e. The number of nitrogens with two attached hydrogens (primary N) is 1. The highest BCUT2D eigenvalue weighted by Crippen LogP contribution is 2.62. The van der Waals surface area contributed by atoms with Crippen LogP contribution in [0.5, 0.6) is 0 Å². The van der Waals surface area contributed by atoms with Crippen molar-refractivity contribution in [2.75, 3.05) is 0 Å². The summed E-state index contributed by atoms with van der Waals surface area (Å²) in [5.74, 6) is 0. The monoisotopic (exact) mass is 172 g/mol. The predicted octanol–water partition coefficient (Wildman–Crippen LogP) is 1.25. The molecule has 64 valence electrons. The maximum absolute atomic E-state index is 5.40. The Kier molecular flexibility index (Phi) is 1.67. The lowest BCUT2D eigenvalue weighted by atomic mass is 10.0. The minimum absolute atomic E-state index is 0.316. The van der Waals surface area contributed by atoms with E-state index >= 15 is 0 Å². The molecule has 0 bridgehead atoms. The zero-order chi connectivity index (χ0) is 8.86. The molecule has 1 aliphatic carbocycles. The Labute approximate surface area is 73.5 Å². The summed E-state index contributed by atoms with van der Waals surface area (Å²) in [6.45, 7) is 8.90. The molecule has 3 N–H and O–H groups in total. The molecule has 0 unspecified atom stereocenters. The van der Waals surface area contributed by atoms with Crippen molar-refractivity contribution in [3.05, 3.63) is 0 Å². The van der Waals surface area contributed by atoms with Crippen LogP contribution in [0.1, 0.15) is 27.7 Å². The lowest BCUT2D eigenvalue weighted by Gasteiger charge is -2.03. The van der Waals surface area contributed by atoms with Gasteiger partial charge in [-0.25, -0.2) is 0 Å². The van der Waals surface area contributed by atoms with Gasteiger partial charge in [-0.05, 0) is 23.0 Å². The van der Waals surface area contributed by atoms with Crippen molar-refractivity contribution >= 4 is 17.3 Å². The molecule has 0 radical (unpaired) electrons. The Morgan fingerprint density at radius 1 is 1.27 bits per heavy atom. The van der Waals surface area contributed by atoms with E-state index in [4.69, 9.17) is 18.0 Å². The van der Waals surface area contributed by atoms with Crippen molar-refractivity contribution in [1.82, 2.24) is 5.32 Å². The Morgan fingerprint density at radius 3 is 1.73 bits per heavy atom. The lowest BCUT2D eigenvalue weighted by Crippen LogP contribution is -2.34. The molecule has 0 atom stereocenters. The van der Waals surface area contributed by atoms with Gasteiger partial charge < -0.3 is 11.1 Å². The maximum Gasteiger partial charge on any atom is 0.163 e. The van der Waals surface area contributed by atoms with E-state index < -0.39 is 0 Å². The molecule has 0 spiro atoms. The van der Waals surface area contributed by atoms with Gasteiger partial charge in [0.15, 0.2) is 5.11 Å². The first kappa shape index (κ1) is 8.78. The number of nitrogens with one attached hydrogen (secondary N) is 1. The first-order valence-electron chi connectivity index (χ1n) is 3.86. The van der Waals surface area contributed by atoms with E-state index in [1.165, 1.54) is 0 Å². The Morgan fingerprint density at radius 2 is 1.64 bits per heavy atom. The summed E-state index contributed by atoms with van der Waals surface area (Å²) in [5.41, 5.74) is 6.03. The summed E-state index contributed by atoms with van der Waals surface area (Å²) in [6.07, 6.45) is 0.